The summed E-state index contributed by atoms with van der Waals surface area (Å²) in [6.45, 7) is 0.156. The lowest BCUT2D eigenvalue weighted by Crippen LogP contribution is -2.27. The standard InChI is InChI=1S/C21H20N2O4S/c22-28(25,26)20-13-11-17(12-14-20)15-16-27-21(24)23(18-7-3-1-4-8-18)19-9-5-2-6-10-19/h1-14H,15-16H2,(H2,22,25,26). The molecule has 3 aromatic rings. The molecule has 0 spiro atoms. The molecule has 6 nitrogen and oxygen atoms in total. The van der Waals surface area contributed by atoms with Gasteiger partial charge >= 0.3 is 6.09 Å². The monoisotopic (exact) mass is 396 g/mol. The van der Waals surface area contributed by atoms with Crippen molar-refractivity contribution in [1.82, 2.24) is 0 Å². The fraction of sp³-hybridized carbons (Fsp3) is 0.0952. The third-order valence-corrected chi connectivity index (χ3v) is 5.01. The van der Waals surface area contributed by atoms with Crippen molar-refractivity contribution >= 4 is 27.5 Å². The van der Waals surface area contributed by atoms with Gasteiger partial charge in [-0.2, -0.15) is 0 Å². The number of primary sulfonamides is 1. The summed E-state index contributed by atoms with van der Waals surface area (Å²) in [6.07, 6.45) is -0.0350. The molecule has 1 amide bonds. The van der Waals surface area contributed by atoms with Crippen LogP contribution in [0, 0.1) is 0 Å². The van der Waals surface area contributed by atoms with Crippen LogP contribution >= 0.6 is 0 Å². The highest BCUT2D eigenvalue weighted by atomic mass is 32.2. The van der Waals surface area contributed by atoms with Gasteiger partial charge in [0, 0.05) is 6.42 Å². The number of amides is 1. The van der Waals surface area contributed by atoms with Gasteiger partial charge in [0.15, 0.2) is 0 Å². The number of hydrogen-bond acceptors (Lipinski definition) is 4. The highest BCUT2D eigenvalue weighted by molar-refractivity contribution is 7.89. The molecule has 0 aliphatic rings. The molecule has 0 bridgehead atoms. The quantitative estimate of drug-likeness (QED) is 0.685. The topological polar surface area (TPSA) is 89.7 Å². The number of nitrogens with two attached hydrogens (primary N) is 1. The van der Waals surface area contributed by atoms with Crippen LogP contribution in [0.5, 0.6) is 0 Å². The Hall–Kier alpha value is -3.16. The van der Waals surface area contributed by atoms with E-state index in [0.717, 1.165) is 5.56 Å². The molecule has 0 heterocycles. The molecule has 0 fully saturated rings. The number of sulfonamides is 1. The zero-order chi connectivity index (χ0) is 20.0. The number of nitrogens with zero attached hydrogens (tertiary/aromatic N) is 1. The van der Waals surface area contributed by atoms with E-state index in [0.29, 0.717) is 17.8 Å². The van der Waals surface area contributed by atoms with Crippen LogP contribution in [0.2, 0.25) is 0 Å². The number of benzene rings is 3. The number of anilines is 2. The normalized spacial score (nSPS) is 11.0. The fourth-order valence-electron chi connectivity index (χ4n) is 2.68. The summed E-state index contributed by atoms with van der Waals surface area (Å²) in [6, 6.07) is 24.7. The highest BCUT2D eigenvalue weighted by Crippen LogP contribution is 2.25. The summed E-state index contributed by atoms with van der Waals surface area (Å²) >= 11 is 0. The molecule has 0 radical (unpaired) electrons. The van der Waals surface area contributed by atoms with E-state index in [1.165, 1.54) is 17.0 Å². The number of para-hydroxylation sites is 2. The molecule has 7 heteroatoms. The van der Waals surface area contributed by atoms with E-state index in [-0.39, 0.29) is 11.5 Å². The molecule has 28 heavy (non-hydrogen) atoms. The van der Waals surface area contributed by atoms with Crippen LogP contribution < -0.4 is 10.0 Å². The molecule has 0 aliphatic carbocycles. The molecule has 2 N–H and O–H groups in total. The van der Waals surface area contributed by atoms with E-state index in [9.17, 15) is 13.2 Å². The first-order chi connectivity index (χ1) is 13.4. The maximum absolute atomic E-state index is 12.7. The largest absolute Gasteiger partial charge is 0.449 e. The highest BCUT2D eigenvalue weighted by Gasteiger charge is 2.19. The zero-order valence-electron chi connectivity index (χ0n) is 15.1. The van der Waals surface area contributed by atoms with Crippen LogP contribution in [-0.4, -0.2) is 21.1 Å². The summed E-state index contributed by atoms with van der Waals surface area (Å²) < 4.78 is 28.0. The molecule has 0 atom stereocenters. The van der Waals surface area contributed by atoms with Gasteiger partial charge in [-0.05, 0) is 42.0 Å². The molecule has 0 saturated heterocycles. The summed E-state index contributed by atoms with van der Waals surface area (Å²) in [7, 11) is -3.72. The van der Waals surface area contributed by atoms with Gasteiger partial charge in [0.25, 0.3) is 0 Å². The molecule has 0 aliphatic heterocycles. The minimum Gasteiger partial charge on any atom is -0.449 e. The smallest absolute Gasteiger partial charge is 0.418 e. The van der Waals surface area contributed by atoms with Crippen molar-refractivity contribution in [2.45, 2.75) is 11.3 Å². The summed E-state index contributed by atoms with van der Waals surface area (Å²) in [5.41, 5.74) is 2.25. The molecule has 3 aromatic carbocycles. The summed E-state index contributed by atoms with van der Waals surface area (Å²) in [5.74, 6) is 0. The van der Waals surface area contributed by atoms with E-state index in [1.54, 1.807) is 12.1 Å². The predicted molar refractivity (Wildman–Crippen MR) is 108 cm³/mol. The maximum Gasteiger partial charge on any atom is 0.418 e. The average molecular weight is 396 g/mol. The minimum absolute atomic E-state index is 0.0487. The van der Waals surface area contributed by atoms with Gasteiger partial charge in [-0.15, -0.1) is 0 Å². The third-order valence-electron chi connectivity index (χ3n) is 4.08. The molecule has 0 aromatic heterocycles. The van der Waals surface area contributed by atoms with Gasteiger partial charge in [0.1, 0.15) is 0 Å². The van der Waals surface area contributed by atoms with Crippen molar-refractivity contribution < 1.29 is 17.9 Å². The molecular formula is C21H20N2O4S. The lowest BCUT2D eigenvalue weighted by atomic mass is 10.2. The minimum atomic E-state index is -3.72. The molecule has 0 saturated carbocycles. The first kappa shape index (κ1) is 19.6. The molecule has 144 valence electrons. The second-order valence-corrected chi connectivity index (χ2v) is 7.62. The van der Waals surface area contributed by atoms with Crippen molar-refractivity contribution in [2.24, 2.45) is 5.14 Å². The SMILES string of the molecule is NS(=O)(=O)c1ccc(CCOC(=O)N(c2ccccc2)c2ccccc2)cc1. The van der Waals surface area contributed by atoms with Crippen LogP contribution in [-0.2, 0) is 21.2 Å². The van der Waals surface area contributed by atoms with Crippen LogP contribution in [0.15, 0.2) is 89.8 Å². The molecule has 3 rings (SSSR count). The summed E-state index contributed by atoms with van der Waals surface area (Å²) in [5, 5.41) is 5.09. The van der Waals surface area contributed by atoms with Crippen molar-refractivity contribution in [3.05, 3.63) is 90.5 Å². The zero-order valence-corrected chi connectivity index (χ0v) is 15.9. The first-order valence-corrected chi connectivity index (χ1v) is 10.2. The van der Waals surface area contributed by atoms with Crippen LogP contribution in [0.3, 0.4) is 0 Å². The predicted octanol–water partition coefficient (Wildman–Crippen LogP) is 3.85. The Kier molecular flexibility index (Phi) is 6.08. The van der Waals surface area contributed by atoms with Gasteiger partial charge in [0.2, 0.25) is 10.0 Å². The molecular weight excluding hydrogens is 376 g/mol. The van der Waals surface area contributed by atoms with Crippen molar-refractivity contribution in [2.75, 3.05) is 11.5 Å². The van der Waals surface area contributed by atoms with Crippen LogP contribution in [0.1, 0.15) is 5.56 Å². The van der Waals surface area contributed by atoms with Crippen LogP contribution in [0.25, 0.3) is 0 Å². The maximum atomic E-state index is 12.7. The van der Waals surface area contributed by atoms with Gasteiger partial charge in [-0.25, -0.2) is 23.3 Å². The lowest BCUT2D eigenvalue weighted by molar-refractivity contribution is 0.158. The number of carbonyl (C=O) groups is 1. The van der Waals surface area contributed by atoms with Gasteiger partial charge in [-0.3, -0.25) is 0 Å². The second kappa shape index (κ2) is 8.69. The number of hydrogen-bond donors (Lipinski definition) is 1. The van der Waals surface area contributed by atoms with E-state index in [2.05, 4.69) is 0 Å². The Labute approximate surface area is 164 Å². The summed E-state index contributed by atoms with van der Waals surface area (Å²) in [4.78, 5) is 14.3. The Morgan fingerprint density at radius 1 is 0.821 bits per heavy atom. The van der Waals surface area contributed by atoms with E-state index in [1.807, 2.05) is 60.7 Å². The first-order valence-electron chi connectivity index (χ1n) is 8.64. The Balaban J connectivity index is 1.68. The lowest BCUT2D eigenvalue weighted by Gasteiger charge is -2.22. The second-order valence-electron chi connectivity index (χ2n) is 6.06. The van der Waals surface area contributed by atoms with E-state index < -0.39 is 16.1 Å². The molecule has 0 unspecified atom stereocenters. The Morgan fingerprint density at radius 2 is 1.32 bits per heavy atom. The number of ether oxygens (including phenoxy) is 1. The van der Waals surface area contributed by atoms with Crippen molar-refractivity contribution in [3.8, 4) is 0 Å². The number of rotatable bonds is 6. The van der Waals surface area contributed by atoms with Crippen molar-refractivity contribution in [3.63, 3.8) is 0 Å². The van der Waals surface area contributed by atoms with E-state index >= 15 is 0 Å². The Morgan fingerprint density at radius 3 is 1.79 bits per heavy atom. The average Bonchev–Trinajstić information content (AvgIpc) is 2.70. The van der Waals surface area contributed by atoms with Gasteiger partial charge in [0.05, 0.1) is 22.9 Å². The Bertz CT molecular complexity index is 982. The van der Waals surface area contributed by atoms with Gasteiger partial charge in [-0.1, -0.05) is 48.5 Å². The van der Waals surface area contributed by atoms with E-state index in [4.69, 9.17) is 9.88 Å². The third kappa shape index (κ3) is 4.97. The fourth-order valence-corrected chi connectivity index (χ4v) is 3.20. The van der Waals surface area contributed by atoms with Gasteiger partial charge < -0.3 is 4.74 Å². The number of carbonyl (C=O) groups excluding carboxylic acids is 1. The van der Waals surface area contributed by atoms with Crippen molar-refractivity contribution in [1.29, 1.82) is 0 Å². The van der Waals surface area contributed by atoms with Crippen LogP contribution in [0.4, 0.5) is 16.2 Å².